The number of ether oxygens (including phenoxy) is 2. The molecule has 1 aliphatic rings. The molecule has 26 heavy (non-hydrogen) atoms. The van der Waals surface area contributed by atoms with Crippen LogP contribution < -0.4 is 20.1 Å². The summed E-state index contributed by atoms with van der Waals surface area (Å²) < 4.78 is 16.3. The molecule has 7 nitrogen and oxygen atoms in total. The highest BCUT2D eigenvalue weighted by Gasteiger charge is 2.24. The average Bonchev–Trinajstić information content (AvgIpc) is 3.22. The van der Waals surface area contributed by atoms with Crippen molar-refractivity contribution in [1.29, 1.82) is 0 Å². The van der Waals surface area contributed by atoms with E-state index in [4.69, 9.17) is 24.6 Å². The van der Waals surface area contributed by atoms with Crippen LogP contribution in [-0.4, -0.2) is 37.3 Å². The van der Waals surface area contributed by atoms with E-state index in [1.54, 1.807) is 20.5 Å². The van der Waals surface area contributed by atoms with Gasteiger partial charge in [0.15, 0.2) is 11.5 Å². The number of aromatic nitrogens is 2. The van der Waals surface area contributed by atoms with Crippen molar-refractivity contribution in [3.63, 3.8) is 0 Å². The van der Waals surface area contributed by atoms with E-state index in [-0.39, 0.29) is 0 Å². The topological polar surface area (TPSA) is 86.6 Å². The lowest BCUT2D eigenvalue weighted by atomic mass is 9.94. The molecule has 1 aromatic carbocycles. The number of nitrogens with zero attached hydrogens (tertiary/aromatic N) is 3. The standard InChI is InChI=1S/C19H22N4O3/c1-24-16-10-13-14(11-17(16)25-2)21-19(22-18(13)20)23-7-5-12(6-8-23)15-4-3-9-26-15/h3-4,9-12H,5-8H2,1-2H3,(H2,20,21,22). The number of methoxy groups -OCH3 is 2. The summed E-state index contributed by atoms with van der Waals surface area (Å²) >= 11 is 0. The minimum Gasteiger partial charge on any atom is -0.493 e. The van der Waals surface area contributed by atoms with Gasteiger partial charge in [-0.2, -0.15) is 4.98 Å². The van der Waals surface area contributed by atoms with Crippen LogP contribution >= 0.6 is 0 Å². The number of hydrogen-bond donors (Lipinski definition) is 1. The van der Waals surface area contributed by atoms with Gasteiger partial charge in [0.25, 0.3) is 0 Å². The molecule has 0 unspecified atom stereocenters. The van der Waals surface area contributed by atoms with Crippen LogP contribution in [0.15, 0.2) is 34.9 Å². The van der Waals surface area contributed by atoms with Gasteiger partial charge in [0.1, 0.15) is 11.6 Å². The summed E-state index contributed by atoms with van der Waals surface area (Å²) in [5.74, 6) is 3.84. The third-order valence-corrected chi connectivity index (χ3v) is 4.94. The van der Waals surface area contributed by atoms with Crippen molar-refractivity contribution in [2.24, 2.45) is 0 Å². The fourth-order valence-electron chi connectivity index (χ4n) is 3.50. The van der Waals surface area contributed by atoms with Crippen molar-refractivity contribution in [3.8, 4) is 11.5 Å². The Hall–Kier alpha value is -2.96. The number of furan rings is 1. The van der Waals surface area contributed by atoms with Gasteiger partial charge in [-0.25, -0.2) is 4.98 Å². The summed E-state index contributed by atoms with van der Waals surface area (Å²) in [6, 6.07) is 7.64. The molecule has 1 aliphatic heterocycles. The predicted molar refractivity (Wildman–Crippen MR) is 100.0 cm³/mol. The van der Waals surface area contributed by atoms with Crippen LogP contribution in [0.1, 0.15) is 24.5 Å². The Labute approximate surface area is 151 Å². The number of nitrogen functional groups attached to an aromatic ring is 1. The molecule has 0 atom stereocenters. The molecule has 0 radical (unpaired) electrons. The summed E-state index contributed by atoms with van der Waals surface area (Å²) in [6.07, 6.45) is 3.73. The van der Waals surface area contributed by atoms with E-state index >= 15 is 0 Å². The zero-order valence-electron chi connectivity index (χ0n) is 14.9. The lowest BCUT2D eigenvalue weighted by molar-refractivity contribution is 0.356. The maximum Gasteiger partial charge on any atom is 0.227 e. The zero-order chi connectivity index (χ0) is 18.1. The molecule has 136 valence electrons. The largest absolute Gasteiger partial charge is 0.493 e. The summed E-state index contributed by atoms with van der Waals surface area (Å²) in [6.45, 7) is 1.73. The third kappa shape index (κ3) is 2.89. The zero-order valence-corrected chi connectivity index (χ0v) is 14.9. The molecule has 0 amide bonds. The maximum atomic E-state index is 6.19. The maximum absolute atomic E-state index is 6.19. The van der Waals surface area contributed by atoms with E-state index in [0.717, 1.165) is 42.6 Å². The minimum atomic E-state index is 0.444. The molecular formula is C19H22N4O3. The van der Waals surface area contributed by atoms with Crippen LogP contribution in [0.25, 0.3) is 10.9 Å². The first-order chi connectivity index (χ1) is 12.7. The van der Waals surface area contributed by atoms with Crippen molar-refractivity contribution in [2.75, 3.05) is 37.9 Å². The van der Waals surface area contributed by atoms with E-state index in [0.29, 0.717) is 29.2 Å². The molecule has 0 saturated carbocycles. The number of fused-ring (bicyclic) bond motifs is 1. The van der Waals surface area contributed by atoms with Gasteiger partial charge in [-0.3, -0.25) is 0 Å². The second-order valence-electron chi connectivity index (χ2n) is 6.41. The van der Waals surface area contributed by atoms with E-state index < -0.39 is 0 Å². The minimum absolute atomic E-state index is 0.444. The monoisotopic (exact) mass is 354 g/mol. The molecule has 1 saturated heterocycles. The summed E-state index contributed by atoms with van der Waals surface area (Å²) in [4.78, 5) is 11.4. The van der Waals surface area contributed by atoms with Gasteiger partial charge in [-0.05, 0) is 31.0 Å². The molecule has 4 rings (SSSR count). The lowest BCUT2D eigenvalue weighted by Crippen LogP contribution is -2.34. The lowest BCUT2D eigenvalue weighted by Gasteiger charge is -2.31. The number of rotatable bonds is 4. The Morgan fingerprint density at radius 1 is 1.12 bits per heavy atom. The molecule has 3 heterocycles. The van der Waals surface area contributed by atoms with Crippen molar-refractivity contribution in [3.05, 3.63) is 36.3 Å². The Bertz CT molecular complexity index is 903. The third-order valence-electron chi connectivity index (χ3n) is 4.94. The summed E-state index contributed by atoms with van der Waals surface area (Å²) in [5, 5.41) is 0.761. The van der Waals surface area contributed by atoms with Crippen LogP contribution in [0.3, 0.4) is 0 Å². The summed E-state index contributed by atoms with van der Waals surface area (Å²) in [7, 11) is 3.20. The first kappa shape index (κ1) is 16.5. The quantitative estimate of drug-likeness (QED) is 0.770. The molecule has 1 fully saturated rings. The number of piperidine rings is 1. The van der Waals surface area contributed by atoms with Crippen molar-refractivity contribution in [2.45, 2.75) is 18.8 Å². The molecule has 0 aliphatic carbocycles. The normalized spacial score (nSPS) is 15.4. The molecule has 2 aromatic heterocycles. The second-order valence-corrected chi connectivity index (χ2v) is 6.41. The van der Waals surface area contributed by atoms with Crippen LogP contribution in [0, 0.1) is 0 Å². The predicted octanol–water partition coefficient (Wildman–Crippen LogP) is 3.21. The van der Waals surface area contributed by atoms with Gasteiger partial charge in [0.05, 0.1) is 26.0 Å². The van der Waals surface area contributed by atoms with E-state index in [2.05, 4.69) is 9.88 Å². The molecule has 2 N–H and O–H groups in total. The Kier molecular flexibility index (Phi) is 4.28. The smallest absolute Gasteiger partial charge is 0.227 e. The van der Waals surface area contributed by atoms with Crippen LogP contribution in [0.2, 0.25) is 0 Å². The number of nitrogens with two attached hydrogens (primary N) is 1. The van der Waals surface area contributed by atoms with Crippen molar-refractivity contribution >= 4 is 22.7 Å². The Balaban J connectivity index is 1.61. The first-order valence-corrected chi connectivity index (χ1v) is 8.67. The average molecular weight is 354 g/mol. The Morgan fingerprint density at radius 3 is 2.50 bits per heavy atom. The first-order valence-electron chi connectivity index (χ1n) is 8.67. The molecule has 7 heteroatoms. The van der Waals surface area contributed by atoms with Gasteiger partial charge in [0, 0.05) is 30.5 Å². The van der Waals surface area contributed by atoms with Crippen molar-refractivity contribution < 1.29 is 13.9 Å². The van der Waals surface area contributed by atoms with Gasteiger partial charge in [0.2, 0.25) is 5.95 Å². The number of hydrogen-bond acceptors (Lipinski definition) is 7. The van der Waals surface area contributed by atoms with Crippen LogP contribution in [-0.2, 0) is 0 Å². The molecule has 3 aromatic rings. The Morgan fingerprint density at radius 2 is 1.85 bits per heavy atom. The highest BCUT2D eigenvalue weighted by Crippen LogP contribution is 2.35. The SMILES string of the molecule is COc1cc2nc(N3CCC(c4ccco4)CC3)nc(N)c2cc1OC. The highest BCUT2D eigenvalue weighted by molar-refractivity contribution is 5.91. The fourth-order valence-corrected chi connectivity index (χ4v) is 3.50. The molecule has 0 spiro atoms. The van der Waals surface area contributed by atoms with E-state index in [1.165, 1.54) is 0 Å². The van der Waals surface area contributed by atoms with E-state index in [1.807, 2.05) is 24.3 Å². The van der Waals surface area contributed by atoms with Crippen molar-refractivity contribution in [1.82, 2.24) is 9.97 Å². The van der Waals surface area contributed by atoms with Gasteiger partial charge < -0.3 is 24.5 Å². The highest BCUT2D eigenvalue weighted by atomic mass is 16.5. The second kappa shape index (κ2) is 6.74. The van der Waals surface area contributed by atoms with E-state index in [9.17, 15) is 0 Å². The number of benzene rings is 1. The molecular weight excluding hydrogens is 332 g/mol. The summed E-state index contributed by atoms with van der Waals surface area (Å²) in [5.41, 5.74) is 6.94. The van der Waals surface area contributed by atoms with Crippen LogP contribution in [0.5, 0.6) is 11.5 Å². The van der Waals surface area contributed by atoms with Gasteiger partial charge in [-0.1, -0.05) is 0 Å². The van der Waals surface area contributed by atoms with Crippen LogP contribution in [0.4, 0.5) is 11.8 Å². The number of anilines is 2. The fraction of sp³-hybridized carbons (Fsp3) is 0.368. The van der Waals surface area contributed by atoms with Gasteiger partial charge >= 0.3 is 0 Å². The van der Waals surface area contributed by atoms with Gasteiger partial charge in [-0.15, -0.1) is 0 Å². The molecule has 0 bridgehead atoms.